The van der Waals surface area contributed by atoms with E-state index < -0.39 is 18.0 Å². The molecular weight excluding hydrogens is 430 g/mol. The molecule has 0 radical (unpaired) electrons. The molecule has 0 aliphatic heterocycles. The van der Waals surface area contributed by atoms with E-state index in [9.17, 15) is 14.4 Å². The van der Waals surface area contributed by atoms with Gasteiger partial charge < -0.3 is 16.0 Å². The van der Waals surface area contributed by atoms with Crippen molar-refractivity contribution in [1.29, 1.82) is 0 Å². The van der Waals surface area contributed by atoms with Gasteiger partial charge in [-0.2, -0.15) is 5.10 Å². The van der Waals surface area contributed by atoms with Gasteiger partial charge in [0.2, 0.25) is 17.7 Å². The van der Waals surface area contributed by atoms with Crippen molar-refractivity contribution in [3.63, 3.8) is 0 Å². The number of hydrogen-bond acceptors (Lipinski definition) is 4. The van der Waals surface area contributed by atoms with E-state index in [1.807, 2.05) is 73.7 Å². The molecule has 178 valence electrons. The SMILES string of the molecule is CC(=O)N[C@@H](Cc1ccccc1)C(=O)N[C@@H](C)C(=O)N[C@@H](Cc1ccccc1)c1cc(C)[nH]n1. The summed E-state index contributed by atoms with van der Waals surface area (Å²) in [6.07, 6.45) is 0.879. The number of hydrogen-bond donors (Lipinski definition) is 4. The van der Waals surface area contributed by atoms with Crippen LogP contribution in [0.2, 0.25) is 0 Å². The Hall–Kier alpha value is -3.94. The summed E-state index contributed by atoms with van der Waals surface area (Å²) in [6.45, 7) is 4.88. The highest BCUT2D eigenvalue weighted by atomic mass is 16.2. The summed E-state index contributed by atoms with van der Waals surface area (Å²) in [6, 6.07) is 19.2. The van der Waals surface area contributed by atoms with Crippen molar-refractivity contribution in [2.45, 2.75) is 51.7 Å². The van der Waals surface area contributed by atoms with Crippen molar-refractivity contribution < 1.29 is 14.4 Å². The van der Waals surface area contributed by atoms with Gasteiger partial charge >= 0.3 is 0 Å². The average Bonchev–Trinajstić information content (AvgIpc) is 3.25. The van der Waals surface area contributed by atoms with E-state index in [-0.39, 0.29) is 17.9 Å². The van der Waals surface area contributed by atoms with Crippen molar-refractivity contribution in [1.82, 2.24) is 26.1 Å². The minimum Gasteiger partial charge on any atom is -0.346 e. The van der Waals surface area contributed by atoms with Crippen LogP contribution in [0.5, 0.6) is 0 Å². The fraction of sp³-hybridized carbons (Fsp3) is 0.308. The minimum atomic E-state index is -0.808. The van der Waals surface area contributed by atoms with Gasteiger partial charge in [-0.25, -0.2) is 0 Å². The Morgan fingerprint density at radius 2 is 1.44 bits per heavy atom. The number of carbonyl (C=O) groups is 3. The average molecular weight is 462 g/mol. The van der Waals surface area contributed by atoms with Gasteiger partial charge in [0, 0.05) is 19.0 Å². The Morgan fingerprint density at radius 1 is 0.853 bits per heavy atom. The molecule has 0 aliphatic carbocycles. The van der Waals surface area contributed by atoms with Gasteiger partial charge in [-0.15, -0.1) is 0 Å². The number of aryl methyl sites for hydroxylation is 1. The summed E-state index contributed by atoms with van der Waals surface area (Å²) in [5.74, 6) is -1.07. The Labute approximate surface area is 199 Å². The third-order valence-electron chi connectivity index (χ3n) is 5.41. The lowest BCUT2D eigenvalue weighted by molar-refractivity contribution is -0.131. The zero-order chi connectivity index (χ0) is 24.5. The zero-order valence-corrected chi connectivity index (χ0v) is 19.7. The van der Waals surface area contributed by atoms with Crippen LogP contribution >= 0.6 is 0 Å². The van der Waals surface area contributed by atoms with Crippen LogP contribution in [-0.2, 0) is 27.2 Å². The molecule has 0 saturated heterocycles. The molecule has 0 aliphatic rings. The highest BCUT2D eigenvalue weighted by molar-refractivity contribution is 5.91. The third kappa shape index (κ3) is 7.30. The number of benzene rings is 2. The molecule has 34 heavy (non-hydrogen) atoms. The number of H-pyrrole nitrogens is 1. The lowest BCUT2D eigenvalue weighted by Gasteiger charge is -2.23. The highest BCUT2D eigenvalue weighted by Gasteiger charge is 2.26. The lowest BCUT2D eigenvalue weighted by atomic mass is 10.0. The van der Waals surface area contributed by atoms with Gasteiger partial charge in [-0.3, -0.25) is 19.5 Å². The first kappa shape index (κ1) is 24.7. The predicted molar refractivity (Wildman–Crippen MR) is 130 cm³/mol. The second kappa shape index (κ2) is 11.8. The fourth-order valence-electron chi connectivity index (χ4n) is 3.68. The molecule has 0 unspecified atom stereocenters. The van der Waals surface area contributed by atoms with Crippen LogP contribution in [0.3, 0.4) is 0 Å². The molecule has 3 amide bonds. The van der Waals surface area contributed by atoms with Crippen molar-refractivity contribution in [3.05, 3.63) is 89.2 Å². The largest absolute Gasteiger partial charge is 0.346 e. The van der Waals surface area contributed by atoms with Crippen molar-refractivity contribution in [3.8, 4) is 0 Å². The highest BCUT2D eigenvalue weighted by Crippen LogP contribution is 2.18. The molecule has 1 heterocycles. The monoisotopic (exact) mass is 461 g/mol. The van der Waals surface area contributed by atoms with E-state index in [4.69, 9.17) is 0 Å². The summed E-state index contributed by atoms with van der Waals surface area (Å²) in [7, 11) is 0. The van der Waals surface area contributed by atoms with E-state index in [1.54, 1.807) is 6.92 Å². The van der Waals surface area contributed by atoms with Gasteiger partial charge in [0.05, 0.1) is 11.7 Å². The standard InChI is InChI=1S/C26H31N5O3/c1-17-14-23(31-30-17)22(15-20-10-6-4-7-11-20)29-25(33)18(2)27-26(34)24(28-19(3)32)16-21-12-8-5-9-13-21/h4-14,18,22,24H,15-16H2,1-3H3,(H,27,34)(H,28,32)(H,29,33)(H,30,31)/t18-,22-,24-/m0/s1. The smallest absolute Gasteiger partial charge is 0.243 e. The van der Waals surface area contributed by atoms with Crippen LogP contribution in [0.4, 0.5) is 0 Å². The summed E-state index contributed by atoms with van der Waals surface area (Å²) in [5.41, 5.74) is 3.57. The van der Waals surface area contributed by atoms with Gasteiger partial charge in [-0.05, 0) is 37.5 Å². The summed E-state index contributed by atoms with van der Waals surface area (Å²) in [5, 5.41) is 15.7. The summed E-state index contributed by atoms with van der Waals surface area (Å²) < 4.78 is 0. The number of amides is 3. The van der Waals surface area contributed by atoms with Crippen LogP contribution in [0.1, 0.15) is 42.4 Å². The topological polar surface area (TPSA) is 116 Å². The number of carbonyl (C=O) groups excluding carboxylic acids is 3. The van der Waals surface area contributed by atoms with Gasteiger partial charge in [0.1, 0.15) is 12.1 Å². The van der Waals surface area contributed by atoms with Crippen LogP contribution < -0.4 is 16.0 Å². The van der Waals surface area contributed by atoms with Crippen LogP contribution in [-0.4, -0.2) is 40.0 Å². The summed E-state index contributed by atoms with van der Waals surface area (Å²) in [4.78, 5) is 37.6. The predicted octanol–water partition coefficient (Wildman–Crippen LogP) is 2.37. The van der Waals surface area contributed by atoms with Crippen LogP contribution in [0, 0.1) is 6.92 Å². The molecule has 3 rings (SSSR count). The minimum absolute atomic E-state index is 0.315. The van der Waals surface area contributed by atoms with Gasteiger partial charge in [0.15, 0.2) is 0 Å². The number of aromatic amines is 1. The quantitative estimate of drug-likeness (QED) is 0.371. The Morgan fingerprint density at radius 3 is 1.97 bits per heavy atom. The molecule has 0 spiro atoms. The van der Waals surface area contributed by atoms with E-state index in [2.05, 4.69) is 26.1 Å². The normalized spacial score (nSPS) is 13.4. The molecular formula is C26H31N5O3. The van der Waals surface area contributed by atoms with Crippen molar-refractivity contribution >= 4 is 17.7 Å². The first-order chi connectivity index (χ1) is 16.3. The Bertz CT molecular complexity index is 1100. The maximum absolute atomic E-state index is 13.0. The maximum atomic E-state index is 13.0. The first-order valence-corrected chi connectivity index (χ1v) is 11.3. The molecule has 3 aromatic rings. The van der Waals surface area contributed by atoms with Crippen LogP contribution in [0.15, 0.2) is 66.7 Å². The molecule has 0 bridgehead atoms. The number of rotatable bonds is 10. The molecule has 8 nitrogen and oxygen atoms in total. The molecule has 2 aromatic carbocycles. The second-order valence-corrected chi connectivity index (χ2v) is 8.40. The Balaban J connectivity index is 1.67. The second-order valence-electron chi connectivity index (χ2n) is 8.40. The first-order valence-electron chi connectivity index (χ1n) is 11.3. The van der Waals surface area contributed by atoms with Gasteiger partial charge in [0.25, 0.3) is 0 Å². The summed E-state index contributed by atoms with van der Waals surface area (Å²) >= 11 is 0. The zero-order valence-electron chi connectivity index (χ0n) is 19.7. The van der Waals surface area contributed by atoms with Crippen molar-refractivity contribution in [2.75, 3.05) is 0 Å². The molecule has 0 fully saturated rings. The molecule has 4 N–H and O–H groups in total. The fourth-order valence-corrected chi connectivity index (χ4v) is 3.68. The van der Waals surface area contributed by atoms with E-state index in [1.165, 1.54) is 6.92 Å². The molecule has 3 atom stereocenters. The molecule has 0 saturated carbocycles. The number of nitrogens with one attached hydrogen (secondary N) is 4. The van der Waals surface area contributed by atoms with Crippen LogP contribution in [0.25, 0.3) is 0 Å². The van der Waals surface area contributed by atoms with E-state index in [0.29, 0.717) is 18.5 Å². The molecule has 8 heteroatoms. The third-order valence-corrected chi connectivity index (χ3v) is 5.41. The molecule has 1 aromatic heterocycles. The van der Waals surface area contributed by atoms with E-state index >= 15 is 0 Å². The Kier molecular flexibility index (Phi) is 8.56. The maximum Gasteiger partial charge on any atom is 0.243 e. The number of nitrogens with zero attached hydrogens (tertiary/aromatic N) is 1. The van der Waals surface area contributed by atoms with Gasteiger partial charge in [-0.1, -0.05) is 60.7 Å². The lowest BCUT2D eigenvalue weighted by Crippen LogP contribution is -2.53. The van der Waals surface area contributed by atoms with Crippen molar-refractivity contribution in [2.24, 2.45) is 0 Å². The number of aromatic nitrogens is 2. The van der Waals surface area contributed by atoms with E-state index in [0.717, 1.165) is 16.8 Å².